The van der Waals surface area contributed by atoms with E-state index in [4.69, 9.17) is 14.2 Å². The number of aryl methyl sites for hydroxylation is 1. The molecule has 27 heavy (non-hydrogen) atoms. The summed E-state index contributed by atoms with van der Waals surface area (Å²) < 4.78 is 17.3. The molecule has 5 heteroatoms. The van der Waals surface area contributed by atoms with Gasteiger partial charge in [-0.15, -0.1) is 0 Å². The summed E-state index contributed by atoms with van der Waals surface area (Å²) in [5.41, 5.74) is 1.91. The molecule has 0 N–H and O–H groups in total. The molecule has 0 aliphatic rings. The van der Waals surface area contributed by atoms with Gasteiger partial charge in [0.05, 0.1) is 18.2 Å². The molecule has 0 spiro atoms. The Bertz CT molecular complexity index is 812. The minimum absolute atomic E-state index is 0.448. The molecule has 0 fully saturated rings. The fourth-order valence-electron chi connectivity index (χ4n) is 2.31. The zero-order chi connectivity index (χ0) is 19.8. The van der Waals surface area contributed by atoms with E-state index in [1.54, 1.807) is 19.3 Å². The number of rotatable bonds is 8. The second-order valence-corrected chi connectivity index (χ2v) is 7.48. The van der Waals surface area contributed by atoms with E-state index in [9.17, 15) is 4.79 Å². The van der Waals surface area contributed by atoms with Crippen LogP contribution in [0.4, 0.5) is 0 Å². The van der Waals surface area contributed by atoms with E-state index >= 15 is 0 Å². The molecule has 0 aromatic heterocycles. The van der Waals surface area contributed by atoms with Crippen LogP contribution in [-0.2, 0) is 4.79 Å². The maximum Gasteiger partial charge on any atom is 0.336 e. The number of esters is 1. The highest BCUT2D eigenvalue weighted by Crippen LogP contribution is 2.29. The molecule has 0 radical (unpaired) electrons. The minimum atomic E-state index is -0.448. The number of hydrogen-bond acceptors (Lipinski definition) is 4. The summed E-state index contributed by atoms with van der Waals surface area (Å²) in [7, 11) is 1.60. The van der Waals surface area contributed by atoms with Crippen molar-refractivity contribution in [1.29, 1.82) is 0 Å². The summed E-state index contributed by atoms with van der Waals surface area (Å²) in [6, 6.07) is 11.1. The summed E-state index contributed by atoms with van der Waals surface area (Å²) in [6.45, 7) is 6.92. The van der Waals surface area contributed by atoms with Crippen molar-refractivity contribution >= 4 is 28.0 Å². The monoisotopic (exact) mass is 432 g/mol. The molecule has 2 rings (SSSR count). The minimum Gasteiger partial charge on any atom is -0.493 e. The van der Waals surface area contributed by atoms with Gasteiger partial charge in [-0.05, 0) is 76.7 Å². The number of carbonyl (C=O) groups excluding carboxylic acids is 1. The normalized spacial score (nSPS) is 11.0. The van der Waals surface area contributed by atoms with Crippen LogP contribution in [0.1, 0.15) is 31.4 Å². The summed E-state index contributed by atoms with van der Waals surface area (Å²) in [5, 5.41) is 0. The van der Waals surface area contributed by atoms with Gasteiger partial charge in [0.1, 0.15) is 5.75 Å². The van der Waals surface area contributed by atoms with Gasteiger partial charge >= 0.3 is 5.97 Å². The van der Waals surface area contributed by atoms with E-state index in [1.807, 2.05) is 37.3 Å². The SMILES string of the molecule is COc1cc(/C=C/C(=O)Oc2ccc(C)cc2Br)ccc1OCCC(C)C. The molecule has 0 saturated carbocycles. The molecule has 0 saturated heterocycles. The van der Waals surface area contributed by atoms with Gasteiger partial charge in [0.15, 0.2) is 11.5 Å². The standard InChI is InChI=1S/C22H25BrO4/c1-15(2)11-12-26-20-9-6-17(14-21(20)25-4)7-10-22(24)27-19-8-5-16(3)13-18(19)23/h5-10,13-15H,11-12H2,1-4H3/b10-7+. The lowest BCUT2D eigenvalue weighted by atomic mass is 10.1. The third-order valence-electron chi connectivity index (χ3n) is 3.85. The Morgan fingerprint density at radius 3 is 2.52 bits per heavy atom. The molecule has 0 heterocycles. The lowest BCUT2D eigenvalue weighted by Gasteiger charge is -2.12. The second kappa shape index (κ2) is 10.2. The van der Waals surface area contributed by atoms with Crippen molar-refractivity contribution in [3.8, 4) is 17.2 Å². The number of halogens is 1. The summed E-state index contributed by atoms with van der Waals surface area (Å²) >= 11 is 3.40. The first-order chi connectivity index (χ1) is 12.9. The average Bonchev–Trinajstić information content (AvgIpc) is 2.62. The number of benzene rings is 2. The smallest absolute Gasteiger partial charge is 0.336 e. The van der Waals surface area contributed by atoms with Crippen LogP contribution in [0.15, 0.2) is 46.9 Å². The molecule has 0 bridgehead atoms. The summed E-state index contributed by atoms with van der Waals surface area (Å²) in [6.07, 6.45) is 4.05. The number of methoxy groups -OCH3 is 1. The maximum atomic E-state index is 12.1. The Balaban J connectivity index is 2.01. The van der Waals surface area contributed by atoms with E-state index in [0.717, 1.165) is 22.0 Å². The van der Waals surface area contributed by atoms with Crippen molar-refractivity contribution in [2.45, 2.75) is 27.2 Å². The van der Waals surface area contributed by atoms with Crippen LogP contribution in [-0.4, -0.2) is 19.7 Å². The predicted molar refractivity (Wildman–Crippen MR) is 111 cm³/mol. The van der Waals surface area contributed by atoms with Crippen LogP contribution in [0, 0.1) is 12.8 Å². The first-order valence-corrected chi connectivity index (χ1v) is 9.65. The van der Waals surface area contributed by atoms with Crippen LogP contribution >= 0.6 is 15.9 Å². The molecular formula is C22H25BrO4. The first-order valence-electron chi connectivity index (χ1n) is 8.86. The molecule has 2 aromatic carbocycles. The van der Waals surface area contributed by atoms with Crippen LogP contribution < -0.4 is 14.2 Å². The van der Waals surface area contributed by atoms with Crippen molar-refractivity contribution in [2.75, 3.05) is 13.7 Å². The molecule has 0 aliphatic carbocycles. The Morgan fingerprint density at radius 2 is 1.85 bits per heavy atom. The Labute approximate surface area is 169 Å². The van der Waals surface area contributed by atoms with Gasteiger partial charge in [0.25, 0.3) is 0 Å². The average molecular weight is 433 g/mol. The third kappa shape index (κ3) is 6.75. The van der Waals surface area contributed by atoms with Crippen LogP contribution in [0.5, 0.6) is 17.2 Å². The molecule has 144 valence electrons. The lowest BCUT2D eigenvalue weighted by Crippen LogP contribution is -2.04. The summed E-state index contributed by atoms with van der Waals surface area (Å²) in [5.74, 6) is 1.95. The Hall–Kier alpha value is -2.27. The molecular weight excluding hydrogens is 408 g/mol. The first kappa shape index (κ1) is 21.0. The largest absolute Gasteiger partial charge is 0.493 e. The Kier molecular flexibility index (Phi) is 7.92. The summed E-state index contributed by atoms with van der Waals surface area (Å²) in [4.78, 5) is 12.1. The maximum absolute atomic E-state index is 12.1. The highest BCUT2D eigenvalue weighted by molar-refractivity contribution is 9.10. The number of carbonyl (C=O) groups is 1. The third-order valence-corrected chi connectivity index (χ3v) is 4.47. The lowest BCUT2D eigenvalue weighted by molar-refractivity contribution is -0.128. The Morgan fingerprint density at radius 1 is 1.11 bits per heavy atom. The van der Waals surface area contributed by atoms with Crippen molar-refractivity contribution in [3.05, 3.63) is 58.1 Å². The molecule has 0 amide bonds. The quantitative estimate of drug-likeness (QED) is 0.299. The molecule has 2 aromatic rings. The number of hydrogen-bond donors (Lipinski definition) is 0. The van der Waals surface area contributed by atoms with Gasteiger partial charge in [-0.1, -0.05) is 26.0 Å². The van der Waals surface area contributed by atoms with Gasteiger partial charge in [0, 0.05) is 6.08 Å². The van der Waals surface area contributed by atoms with Gasteiger partial charge < -0.3 is 14.2 Å². The van der Waals surface area contributed by atoms with Gasteiger partial charge in [0.2, 0.25) is 0 Å². The van der Waals surface area contributed by atoms with Crippen LogP contribution in [0.3, 0.4) is 0 Å². The fourth-order valence-corrected chi connectivity index (χ4v) is 2.88. The van der Waals surface area contributed by atoms with Crippen molar-refractivity contribution in [3.63, 3.8) is 0 Å². The molecule has 0 atom stereocenters. The van der Waals surface area contributed by atoms with Crippen LogP contribution in [0.25, 0.3) is 6.08 Å². The van der Waals surface area contributed by atoms with Crippen molar-refractivity contribution in [1.82, 2.24) is 0 Å². The van der Waals surface area contributed by atoms with Gasteiger partial charge in [-0.2, -0.15) is 0 Å². The highest BCUT2D eigenvalue weighted by Gasteiger charge is 2.07. The van der Waals surface area contributed by atoms with E-state index in [0.29, 0.717) is 29.8 Å². The number of ether oxygens (including phenoxy) is 3. The topological polar surface area (TPSA) is 44.8 Å². The zero-order valence-corrected chi connectivity index (χ0v) is 17.7. The predicted octanol–water partition coefficient (Wildman–Crippen LogP) is 5.81. The van der Waals surface area contributed by atoms with Crippen molar-refractivity contribution in [2.24, 2.45) is 5.92 Å². The highest BCUT2D eigenvalue weighted by atomic mass is 79.9. The van der Waals surface area contributed by atoms with Crippen LogP contribution in [0.2, 0.25) is 0 Å². The van der Waals surface area contributed by atoms with Gasteiger partial charge in [-0.25, -0.2) is 4.79 Å². The van der Waals surface area contributed by atoms with E-state index < -0.39 is 5.97 Å². The van der Waals surface area contributed by atoms with Gasteiger partial charge in [-0.3, -0.25) is 0 Å². The van der Waals surface area contributed by atoms with E-state index in [1.165, 1.54) is 6.08 Å². The van der Waals surface area contributed by atoms with E-state index in [-0.39, 0.29) is 0 Å². The molecule has 0 unspecified atom stereocenters. The van der Waals surface area contributed by atoms with E-state index in [2.05, 4.69) is 29.8 Å². The zero-order valence-electron chi connectivity index (χ0n) is 16.1. The molecule has 4 nitrogen and oxygen atoms in total. The molecule has 0 aliphatic heterocycles. The fraction of sp³-hybridized carbons (Fsp3) is 0.318. The second-order valence-electron chi connectivity index (χ2n) is 6.63. The van der Waals surface area contributed by atoms with Crippen molar-refractivity contribution < 1.29 is 19.0 Å².